The van der Waals surface area contributed by atoms with E-state index in [0.717, 1.165) is 41.5 Å². The van der Waals surface area contributed by atoms with Crippen molar-refractivity contribution in [3.63, 3.8) is 0 Å². The first kappa shape index (κ1) is 19.2. The number of benzene rings is 2. The lowest BCUT2D eigenvalue weighted by Crippen LogP contribution is -2.45. The summed E-state index contributed by atoms with van der Waals surface area (Å²) in [5.74, 6) is 1.43. The first-order valence-corrected chi connectivity index (χ1v) is 10.0. The number of fused-ring (bicyclic) bond motifs is 1. The van der Waals surface area contributed by atoms with Gasteiger partial charge in [-0.15, -0.1) is 10.2 Å². The number of hydrogen-bond acceptors (Lipinski definition) is 5. The van der Waals surface area contributed by atoms with Crippen molar-refractivity contribution in [2.75, 3.05) is 32.1 Å². The number of carbonyl (C=O) groups is 1. The largest absolute Gasteiger partial charge is 0.471 e. The highest BCUT2D eigenvalue weighted by Crippen LogP contribution is 2.22. The second kappa shape index (κ2) is 8.47. The molecule has 3 aromatic rings. The van der Waals surface area contributed by atoms with Gasteiger partial charge in [0, 0.05) is 26.7 Å². The van der Waals surface area contributed by atoms with Crippen LogP contribution in [0.3, 0.4) is 0 Å². The normalized spacial score (nSPS) is 16.6. The molecule has 1 fully saturated rings. The molecule has 0 saturated carbocycles. The Labute approximate surface area is 171 Å². The number of aromatic nitrogens is 2. The molecule has 1 aliphatic heterocycles. The minimum absolute atomic E-state index is 0.0558. The maximum atomic E-state index is 13.0. The number of piperidine rings is 1. The maximum absolute atomic E-state index is 13.0. The highest BCUT2D eigenvalue weighted by Gasteiger charge is 2.25. The zero-order chi connectivity index (χ0) is 20.2. The third-order valence-corrected chi connectivity index (χ3v) is 5.32. The molecule has 0 radical (unpaired) electrons. The summed E-state index contributed by atoms with van der Waals surface area (Å²) in [4.78, 5) is 16.8. The van der Waals surface area contributed by atoms with E-state index >= 15 is 0 Å². The topological polar surface area (TPSA) is 58.6 Å². The van der Waals surface area contributed by atoms with E-state index < -0.39 is 0 Å². The summed E-state index contributed by atoms with van der Waals surface area (Å²) >= 11 is 0. The Hall–Kier alpha value is -3.15. The van der Waals surface area contributed by atoms with Crippen molar-refractivity contribution in [2.24, 2.45) is 0 Å². The molecule has 4 rings (SSSR count). The predicted octanol–water partition coefficient (Wildman–Crippen LogP) is 3.31. The quantitative estimate of drug-likeness (QED) is 0.669. The van der Waals surface area contributed by atoms with E-state index in [-0.39, 0.29) is 12.0 Å². The van der Waals surface area contributed by atoms with Crippen molar-refractivity contribution < 1.29 is 9.53 Å². The lowest BCUT2D eigenvalue weighted by Gasteiger charge is -2.32. The Balaban J connectivity index is 1.40. The lowest BCUT2D eigenvalue weighted by atomic mass is 10.0. The third-order valence-electron chi connectivity index (χ3n) is 5.32. The fourth-order valence-corrected chi connectivity index (χ4v) is 3.77. The fourth-order valence-electron chi connectivity index (χ4n) is 3.77. The Morgan fingerprint density at radius 3 is 2.72 bits per heavy atom. The van der Waals surface area contributed by atoms with Gasteiger partial charge in [-0.05, 0) is 35.2 Å². The molecule has 1 unspecified atom stereocenters. The predicted molar refractivity (Wildman–Crippen MR) is 114 cm³/mol. The van der Waals surface area contributed by atoms with Crippen molar-refractivity contribution in [1.29, 1.82) is 0 Å². The van der Waals surface area contributed by atoms with Gasteiger partial charge >= 0.3 is 0 Å². The average Bonchev–Trinajstić information content (AvgIpc) is 2.74. The monoisotopic (exact) mass is 390 g/mol. The molecule has 1 aromatic heterocycles. The van der Waals surface area contributed by atoms with E-state index in [4.69, 9.17) is 4.74 Å². The van der Waals surface area contributed by atoms with Gasteiger partial charge in [-0.1, -0.05) is 42.5 Å². The third kappa shape index (κ3) is 4.47. The molecule has 0 N–H and O–H groups in total. The van der Waals surface area contributed by atoms with Gasteiger partial charge in [0.05, 0.1) is 13.0 Å². The van der Waals surface area contributed by atoms with E-state index in [1.54, 1.807) is 0 Å². The zero-order valence-corrected chi connectivity index (χ0v) is 16.9. The number of hydrogen-bond donors (Lipinski definition) is 0. The second-order valence-electron chi connectivity index (χ2n) is 7.66. The van der Waals surface area contributed by atoms with Crippen molar-refractivity contribution in [1.82, 2.24) is 15.1 Å². The van der Waals surface area contributed by atoms with Gasteiger partial charge < -0.3 is 14.5 Å². The van der Waals surface area contributed by atoms with Crippen LogP contribution in [-0.4, -0.2) is 54.3 Å². The molecule has 2 heterocycles. The molecule has 150 valence electrons. The molecule has 0 spiro atoms. The number of anilines is 1. The van der Waals surface area contributed by atoms with Crippen molar-refractivity contribution >= 4 is 22.5 Å². The van der Waals surface area contributed by atoms with Gasteiger partial charge in [0.15, 0.2) is 5.82 Å². The molecule has 1 aliphatic rings. The number of nitrogens with zero attached hydrogens (tertiary/aromatic N) is 4. The first-order chi connectivity index (χ1) is 14.1. The SMILES string of the molecule is CN(C)c1ccc(OC2CCCN(C(=O)Cc3cccc4ccccc34)C2)nn1. The number of rotatable bonds is 5. The fraction of sp³-hybridized carbons (Fsp3) is 0.348. The smallest absolute Gasteiger partial charge is 0.233 e. The highest BCUT2D eigenvalue weighted by atomic mass is 16.5. The van der Waals surface area contributed by atoms with E-state index in [1.807, 2.05) is 60.3 Å². The van der Waals surface area contributed by atoms with Crippen molar-refractivity contribution in [3.8, 4) is 5.88 Å². The van der Waals surface area contributed by atoms with Crippen molar-refractivity contribution in [3.05, 3.63) is 60.2 Å². The van der Waals surface area contributed by atoms with Gasteiger partial charge in [-0.2, -0.15) is 0 Å². The summed E-state index contributed by atoms with van der Waals surface area (Å²) in [6, 6.07) is 18.1. The van der Waals surface area contributed by atoms with Crippen LogP contribution in [0.15, 0.2) is 54.6 Å². The Morgan fingerprint density at radius 1 is 1.10 bits per heavy atom. The summed E-state index contributed by atoms with van der Waals surface area (Å²) in [7, 11) is 3.84. The number of likely N-dealkylation sites (tertiary alicyclic amines) is 1. The Kier molecular flexibility index (Phi) is 5.60. The summed E-state index contributed by atoms with van der Waals surface area (Å²) < 4.78 is 6.00. The number of amides is 1. The van der Waals surface area contributed by atoms with E-state index in [2.05, 4.69) is 28.4 Å². The van der Waals surface area contributed by atoms with Gasteiger partial charge in [-0.25, -0.2) is 0 Å². The van der Waals surface area contributed by atoms with Crippen LogP contribution < -0.4 is 9.64 Å². The molecule has 1 saturated heterocycles. The molecule has 6 nitrogen and oxygen atoms in total. The number of ether oxygens (including phenoxy) is 1. The number of carbonyl (C=O) groups excluding carboxylic acids is 1. The lowest BCUT2D eigenvalue weighted by molar-refractivity contribution is -0.133. The van der Waals surface area contributed by atoms with Crippen LogP contribution >= 0.6 is 0 Å². The molecular weight excluding hydrogens is 364 g/mol. The summed E-state index contributed by atoms with van der Waals surface area (Å²) in [5.41, 5.74) is 1.07. The molecule has 0 bridgehead atoms. The molecule has 1 atom stereocenters. The molecule has 1 amide bonds. The first-order valence-electron chi connectivity index (χ1n) is 10.0. The zero-order valence-electron chi connectivity index (χ0n) is 16.9. The minimum atomic E-state index is -0.0558. The van der Waals surface area contributed by atoms with Gasteiger partial charge in [0.25, 0.3) is 0 Å². The molecule has 2 aromatic carbocycles. The second-order valence-corrected chi connectivity index (χ2v) is 7.66. The molecule has 6 heteroatoms. The Bertz CT molecular complexity index is 982. The molecule has 0 aliphatic carbocycles. The highest BCUT2D eigenvalue weighted by molar-refractivity contribution is 5.90. The minimum Gasteiger partial charge on any atom is -0.471 e. The maximum Gasteiger partial charge on any atom is 0.233 e. The van der Waals surface area contributed by atoms with Crippen LogP contribution in [0.2, 0.25) is 0 Å². The standard InChI is InChI=1S/C23H26N4O2/c1-26(2)21-12-13-22(25-24-21)29-19-10-6-14-27(16-19)23(28)15-18-9-5-8-17-7-3-4-11-20(17)18/h3-5,7-9,11-13,19H,6,10,14-16H2,1-2H3. The molecular formula is C23H26N4O2. The van der Waals surface area contributed by atoms with Crippen LogP contribution in [0.4, 0.5) is 5.82 Å². The van der Waals surface area contributed by atoms with Crippen LogP contribution in [0.25, 0.3) is 10.8 Å². The van der Waals surface area contributed by atoms with Crippen LogP contribution in [-0.2, 0) is 11.2 Å². The van der Waals surface area contributed by atoms with Gasteiger partial charge in [-0.3, -0.25) is 4.79 Å². The average molecular weight is 390 g/mol. The van der Waals surface area contributed by atoms with E-state index in [0.29, 0.717) is 18.8 Å². The summed E-state index contributed by atoms with van der Waals surface area (Å²) in [6.07, 6.45) is 2.19. The van der Waals surface area contributed by atoms with Crippen LogP contribution in [0.5, 0.6) is 5.88 Å². The van der Waals surface area contributed by atoms with E-state index in [9.17, 15) is 4.79 Å². The molecule has 29 heavy (non-hydrogen) atoms. The van der Waals surface area contributed by atoms with Gasteiger partial charge in [0.2, 0.25) is 11.8 Å². The van der Waals surface area contributed by atoms with Crippen LogP contribution in [0, 0.1) is 0 Å². The van der Waals surface area contributed by atoms with Gasteiger partial charge in [0.1, 0.15) is 6.10 Å². The summed E-state index contributed by atoms with van der Waals surface area (Å²) in [6.45, 7) is 1.36. The van der Waals surface area contributed by atoms with Crippen LogP contribution in [0.1, 0.15) is 18.4 Å². The van der Waals surface area contributed by atoms with E-state index in [1.165, 1.54) is 0 Å². The summed E-state index contributed by atoms with van der Waals surface area (Å²) in [5, 5.41) is 10.6. The van der Waals surface area contributed by atoms with Crippen molar-refractivity contribution in [2.45, 2.75) is 25.4 Å². The Morgan fingerprint density at radius 2 is 1.93 bits per heavy atom.